The van der Waals surface area contributed by atoms with Crippen molar-refractivity contribution in [1.29, 1.82) is 0 Å². The third kappa shape index (κ3) is 7.28. The largest absolute Gasteiger partial charge is 0.385 e. The Balaban J connectivity index is 2.15. The molecule has 1 fully saturated rings. The summed E-state index contributed by atoms with van der Waals surface area (Å²) in [5.74, 6) is 0. The first-order chi connectivity index (χ1) is 8.85. The number of hydrogen-bond acceptors (Lipinski definition) is 3. The molecule has 0 radical (unpaired) electrons. The van der Waals surface area contributed by atoms with Crippen molar-refractivity contribution in [3.63, 3.8) is 0 Å². The minimum Gasteiger partial charge on any atom is -0.385 e. The summed E-state index contributed by atoms with van der Waals surface area (Å²) < 4.78 is 10.6. The van der Waals surface area contributed by atoms with Gasteiger partial charge in [-0.25, -0.2) is 0 Å². The number of rotatable bonds is 8. The molecule has 0 aromatic heterocycles. The van der Waals surface area contributed by atoms with E-state index in [-0.39, 0.29) is 0 Å². The Labute approximate surface area is 119 Å². The molecule has 19 heavy (non-hydrogen) atoms. The van der Waals surface area contributed by atoms with Crippen LogP contribution < -0.4 is 5.32 Å². The topological polar surface area (TPSA) is 30.5 Å². The van der Waals surface area contributed by atoms with Gasteiger partial charge in [0.15, 0.2) is 0 Å². The van der Waals surface area contributed by atoms with Gasteiger partial charge in [0.25, 0.3) is 0 Å². The predicted octanol–water partition coefficient (Wildman–Crippen LogP) is 3.23. The summed E-state index contributed by atoms with van der Waals surface area (Å²) in [5, 5.41) is 3.67. The van der Waals surface area contributed by atoms with Crippen LogP contribution >= 0.6 is 0 Å². The minimum atomic E-state index is 0.457. The number of ether oxygens (including phenoxy) is 2. The molecule has 0 aromatic carbocycles. The van der Waals surface area contributed by atoms with Crippen LogP contribution in [0.5, 0.6) is 0 Å². The molecule has 1 N–H and O–H groups in total. The molecule has 1 aliphatic rings. The summed E-state index contributed by atoms with van der Waals surface area (Å²) in [7, 11) is 1.73. The summed E-state index contributed by atoms with van der Waals surface area (Å²) in [5.41, 5.74) is 0.914. The summed E-state index contributed by atoms with van der Waals surface area (Å²) in [6.45, 7) is 12.9. The Bertz CT molecular complexity index is 235. The Morgan fingerprint density at radius 2 is 1.63 bits per heavy atom. The summed E-state index contributed by atoms with van der Waals surface area (Å²) in [4.78, 5) is 0. The number of hydrogen-bond donors (Lipinski definition) is 1. The van der Waals surface area contributed by atoms with E-state index >= 15 is 0 Å². The highest BCUT2D eigenvalue weighted by Gasteiger charge is 2.37. The van der Waals surface area contributed by atoms with Gasteiger partial charge in [-0.05, 0) is 36.5 Å². The van der Waals surface area contributed by atoms with Gasteiger partial charge in [-0.1, -0.05) is 27.7 Å². The maximum Gasteiger partial charge on any atom is 0.0591 e. The fraction of sp³-hybridized carbons (Fsp3) is 1.00. The van der Waals surface area contributed by atoms with Crippen molar-refractivity contribution in [3.8, 4) is 0 Å². The van der Waals surface area contributed by atoms with Gasteiger partial charge >= 0.3 is 0 Å². The highest BCUT2D eigenvalue weighted by molar-refractivity contribution is 4.92. The zero-order valence-electron chi connectivity index (χ0n) is 13.6. The molecular formula is C16H33NO2. The van der Waals surface area contributed by atoms with Gasteiger partial charge in [-0.3, -0.25) is 0 Å². The molecule has 0 spiro atoms. The van der Waals surface area contributed by atoms with Crippen molar-refractivity contribution < 1.29 is 9.47 Å². The first-order valence-corrected chi connectivity index (χ1v) is 7.65. The smallest absolute Gasteiger partial charge is 0.0591 e. The van der Waals surface area contributed by atoms with Crippen molar-refractivity contribution in [1.82, 2.24) is 5.32 Å². The molecule has 0 saturated heterocycles. The lowest BCUT2D eigenvalue weighted by Gasteiger charge is -2.45. The molecule has 0 heterocycles. The molecule has 0 aliphatic heterocycles. The van der Waals surface area contributed by atoms with Crippen molar-refractivity contribution in [3.05, 3.63) is 0 Å². The lowest BCUT2D eigenvalue weighted by atomic mass is 9.63. The molecule has 1 saturated carbocycles. The van der Waals surface area contributed by atoms with E-state index in [0.717, 1.165) is 32.8 Å². The van der Waals surface area contributed by atoms with E-state index in [9.17, 15) is 0 Å². The van der Waals surface area contributed by atoms with E-state index in [4.69, 9.17) is 9.47 Å². The zero-order chi connectivity index (χ0) is 14.4. The molecule has 114 valence electrons. The Morgan fingerprint density at radius 3 is 2.21 bits per heavy atom. The highest BCUT2D eigenvalue weighted by atomic mass is 16.5. The average Bonchev–Trinajstić information content (AvgIpc) is 2.23. The molecule has 0 unspecified atom stereocenters. The normalized spacial score (nSPS) is 22.6. The van der Waals surface area contributed by atoms with Crippen molar-refractivity contribution in [2.75, 3.05) is 33.5 Å². The van der Waals surface area contributed by atoms with Crippen molar-refractivity contribution in [2.45, 2.75) is 59.4 Å². The Hall–Kier alpha value is -0.120. The van der Waals surface area contributed by atoms with Crippen LogP contribution in [-0.4, -0.2) is 39.5 Å². The number of nitrogens with one attached hydrogen (secondary N) is 1. The molecule has 0 bridgehead atoms. The van der Waals surface area contributed by atoms with Crippen LogP contribution in [-0.2, 0) is 9.47 Å². The Kier molecular flexibility index (Phi) is 6.78. The van der Waals surface area contributed by atoms with E-state index in [1.54, 1.807) is 7.11 Å². The maximum absolute atomic E-state index is 5.59. The first-order valence-electron chi connectivity index (χ1n) is 7.65. The maximum atomic E-state index is 5.59. The third-order valence-electron chi connectivity index (χ3n) is 3.87. The summed E-state index contributed by atoms with van der Waals surface area (Å²) in [6.07, 6.45) is 4.87. The second-order valence-corrected chi connectivity index (χ2v) is 7.52. The van der Waals surface area contributed by atoms with E-state index in [1.807, 2.05) is 0 Å². The van der Waals surface area contributed by atoms with Gasteiger partial charge in [-0.15, -0.1) is 0 Å². The standard InChI is InChI=1S/C16H33NO2/c1-15(2)11-14(12-16(3,4)13-15)17-7-10-19-9-6-8-18-5/h14,17H,6-13H2,1-5H3. The second kappa shape index (κ2) is 7.61. The summed E-state index contributed by atoms with van der Waals surface area (Å²) in [6, 6.07) is 0.640. The van der Waals surface area contributed by atoms with Crippen LogP contribution in [0.25, 0.3) is 0 Å². The van der Waals surface area contributed by atoms with Gasteiger partial charge in [0.2, 0.25) is 0 Å². The van der Waals surface area contributed by atoms with Gasteiger partial charge < -0.3 is 14.8 Å². The number of methoxy groups -OCH3 is 1. The van der Waals surface area contributed by atoms with Gasteiger partial charge in [-0.2, -0.15) is 0 Å². The van der Waals surface area contributed by atoms with E-state index in [1.165, 1.54) is 19.3 Å². The fourth-order valence-electron chi connectivity index (χ4n) is 3.73. The minimum absolute atomic E-state index is 0.457. The highest BCUT2D eigenvalue weighted by Crippen LogP contribution is 2.45. The van der Waals surface area contributed by atoms with E-state index < -0.39 is 0 Å². The molecule has 0 atom stereocenters. The predicted molar refractivity (Wildman–Crippen MR) is 80.5 cm³/mol. The lowest BCUT2D eigenvalue weighted by molar-refractivity contribution is 0.0728. The van der Waals surface area contributed by atoms with Crippen LogP contribution in [0.1, 0.15) is 53.4 Å². The Morgan fingerprint density at radius 1 is 1.00 bits per heavy atom. The van der Waals surface area contributed by atoms with Crippen LogP contribution in [0.4, 0.5) is 0 Å². The lowest BCUT2D eigenvalue weighted by Crippen LogP contribution is -2.44. The molecule has 3 heteroatoms. The van der Waals surface area contributed by atoms with Crippen LogP contribution in [0.3, 0.4) is 0 Å². The SMILES string of the molecule is COCCCOCCNC1CC(C)(C)CC(C)(C)C1. The zero-order valence-corrected chi connectivity index (χ0v) is 13.6. The first kappa shape index (κ1) is 16.9. The molecule has 0 amide bonds. The quantitative estimate of drug-likeness (QED) is 0.688. The van der Waals surface area contributed by atoms with Gasteiger partial charge in [0.1, 0.15) is 0 Å². The monoisotopic (exact) mass is 271 g/mol. The summed E-state index contributed by atoms with van der Waals surface area (Å²) >= 11 is 0. The second-order valence-electron chi connectivity index (χ2n) is 7.52. The molecule has 0 aromatic rings. The van der Waals surface area contributed by atoms with Crippen LogP contribution in [0.2, 0.25) is 0 Å². The van der Waals surface area contributed by atoms with E-state index in [2.05, 4.69) is 33.0 Å². The van der Waals surface area contributed by atoms with Crippen molar-refractivity contribution in [2.24, 2.45) is 10.8 Å². The fourth-order valence-corrected chi connectivity index (χ4v) is 3.73. The van der Waals surface area contributed by atoms with Gasteiger partial charge in [0, 0.05) is 32.9 Å². The molecule has 1 aliphatic carbocycles. The van der Waals surface area contributed by atoms with E-state index in [0.29, 0.717) is 16.9 Å². The van der Waals surface area contributed by atoms with Crippen LogP contribution in [0.15, 0.2) is 0 Å². The van der Waals surface area contributed by atoms with Crippen molar-refractivity contribution >= 4 is 0 Å². The van der Waals surface area contributed by atoms with Crippen LogP contribution in [0, 0.1) is 10.8 Å². The molecular weight excluding hydrogens is 238 g/mol. The van der Waals surface area contributed by atoms with Gasteiger partial charge in [0.05, 0.1) is 6.61 Å². The molecule has 3 nitrogen and oxygen atoms in total. The average molecular weight is 271 g/mol. The third-order valence-corrected chi connectivity index (χ3v) is 3.87. The molecule has 1 rings (SSSR count).